The van der Waals surface area contributed by atoms with Crippen molar-refractivity contribution in [1.82, 2.24) is 4.90 Å². The van der Waals surface area contributed by atoms with Crippen LogP contribution in [0.3, 0.4) is 0 Å². The predicted molar refractivity (Wildman–Crippen MR) is 133 cm³/mol. The number of nitriles is 1. The summed E-state index contributed by atoms with van der Waals surface area (Å²) in [7, 11) is 0. The van der Waals surface area contributed by atoms with Gasteiger partial charge in [0.1, 0.15) is 17.4 Å². The predicted octanol–water partition coefficient (Wildman–Crippen LogP) is 5.93. The Morgan fingerprint density at radius 1 is 1.09 bits per heavy atom. The lowest BCUT2D eigenvalue weighted by atomic mass is 9.78. The summed E-state index contributed by atoms with van der Waals surface area (Å²) in [4.78, 5) is 14.1. The Kier molecular flexibility index (Phi) is 6.79. The third kappa shape index (κ3) is 4.79. The van der Waals surface area contributed by atoms with Crippen LogP contribution >= 0.6 is 0 Å². The van der Waals surface area contributed by atoms with Gasteiger partial charge in [-0.25, -0.2) is 0 Å². The lowest BCUT2D eigenvalue weighted by Crippen LogP contribution is -2.53. The summed E-state index contributed by atoms with van der Waals surface area (Å²) >= 11 is 0. The van der Waals surface area contributed by atoms with Crippen LogP contribution in [-0.4, -0.2) is 40.7 Å². The topological polar surface area (TPSA) is 73.6 Å². The summed E-state index contributed by atoms with van der Waals surface area (Å²) in [5, 5.41) is 21.5. The number of hydrogen-bond donors (Lipinski definition) is 1. The summed E-state index contributed by atoms with van der Waals surface area (Å²) < 4.78 is 6.29. The maximum atomic E-state index is 11.5. The van der Waals surface area contributed by atoms with Crippen LogP contribution < -0.4 is 4.74 Å². The molecule has 34 heavy (non-hydrogen) atoms. The number of ether oxygens (including phenoxy) is 1. The number of fused-ring (bicyclic) bond motifs is 3. The molecular formula is C29H36N2O3. The molecule has 0 radical (unpaired) electrons. The maximum absolute atomic E-state index is 11.5. The van der Waals surface area contributed by atoms with Gasteiger partial charge in [-0.2, -0.15) is 5.26 Å². The van der Waals surface area contributed by atoms with Gasteiger partial charge in [0.15, 0.2) is 0 Å². The zero-order chi connectivity index (χ0) is 23.7. The van der Waals surface area contributed by atoms with Gasteiger partial charge in [0.05, 0.1) is 12.0 Å². The van der Waals surface area contributed by atoms with Gasteiger partial charge in [-0.1, -0.05) is 37.6 Å². The third-order valence-electron chi connectivity index (χ3n) is 8.55. The molecule has 1 aliphatic carbocycles. The quantitative estimate of drug-likeness (QED) is 0.578. The van der Waals surface area contributed by atoms with Crippen LogP contribution in [0.4, 0.5) is 0 Å². The van der Waals surface area contributed by atoms with Crippen molar-refractivity contribution >= 4 is 16.7 Å². The van der Waals surface area contributed by atoms with Gasteiger partial charge >= 0.3 is 5.97 Å². The number of benzene rings is 2. The molecule has 0 amide bonds. The number of carbonyl (C=O) groups is 1. The van der Waals surface area contributed by atoms with Gasteiger partial charge in [-0.15, -0.1) is 0 Å². The number of carboxylic acid groups (broad SMARTS) is 1. The van der Waals surface area contributed by atoms with Gasteiger partial charge in [-0.05, 0) is 80.7 Å². The lowest BCUT2D eigenvalue weighted by Gasteiger charge is -2.48. The molecule has 5 rings (SSSR count). The normalized spacial score (nSPS) is 29.5. The molecule has 5 nitrogen and oxygen atoms in total. The van der Waals surface area contributed by atoms with Crippen LogP contribution in [0.1, 0.15) is 75.8 Å². The van der Waals surface area contributed by atoms with E-state index in [4.69, 9.17) is 4.74 Å². The summed E-state index contributed by atoms with van der Waals surface area (Å²) in [5.41, 5.74) is 1.91. The van der Waals surface area contributed by atoms with E-state index >= 15 is 0 Å². The molecular weight excluding hydrogens is 424 g/mol. The van der Waals surface area contributed by atoms with Crippen molar-refractivity contribution in [3.8, 4) is 11.8 Å². The molecule has 1 saturated carbocycles. The van der Waals surface area contributed by atoms with Gasteiger partial charge < -0.3 is 9.84 Å². The van der Waals surface area contributed by atoms with Gasteiger partial charge in [-0.3, -0.25) is 9.69 Å². The van der Waals surface area contributed by atoms with E-state index in [9.17, 15) is 15.2 Å². The second-order valence-corrected chi connectivity index (χ2v) is 10.8. The highest BCUT2D eigenvalue weighted by Gasteiger charge is 2.40. The monoisotopic (exact) mass is 460 g/mol. The molecule has 3 aliphatic rings. The van der Waals surface area contributed by atoms with E-state index < -0.39 is 5.97 Å². The van der Waals surface area contributed by atoms with Crippen molar-refractivity contribution in [2.45, 2.75) is 89.3 Å². The standard InChI is InChI=1S/C29H36N2O3/c1-19-5-9-25(10-6-19)34-28-12-8-21-15-20(7-11-26(21)27(28)18-30)13-14-31-23-3-2-4-24(31)17-22(16-23)29(32)33/h7-8,11-12,15,19,22-25H,2-6,9-10,13-14,16-17H2,1H3,(H,32,33). The van der Waals surface area contributed by atoms with Crippen LogP contribution in [0.15, 0.2) is 30.3 Å². The first-order valence-corrected chi connectivity index (χ1v) is 13.1. The van der Waals surface area contributed by atoms with Gasteiger partial charge in [0.25, 0.3) is 0 Å². The molecule has 1 N–H and O–H groups in total. The number of nitrogens with zero attached hydrogens (tertiary/aromatic N) is 2. The largest absolute Gasteiger partial charge is 0.489 e. The minimum atomic E-state index is -0.624. The van der Waals surface area contributed by atoms with Crippen LogP contribution in [0.2, 0.25) is 0 Å². The average Bonchev–Trinajstić information content (AvgIpc) is 2.83. The van der Waals surface area contributed by atoms with E-state index in [2.05, 4.69) is 42.2 Å². The highest BCUT2D eigenvalue weighted by molar-refractivity contribution is 5.90. The Labute approximate surface area is 202 Å². The number of piperidine rings is 2. The molecule has 5 heteroatoms. The molecule has 3 fully saturated rings. The SMILES string of the molecule is CC1CCC(Oc2ccc3cc(CCN4C5CCCC4CC(C(=O)O)C5)ccc3c2C#N)CC1. The molecule has 2 saturated heterocycles. The minimum absolute atomic E-state index is 0.176. The lowest BCUT2D eigenvalue weighted by molar-refractivity contribution is -0.146. The Bertz CT molecular complexity index is 1070. The van der Waals surface area contributed by atoms with E-state index in [0.29, 0.717) is 17.6 Å². The van der Waals surface area contributed by atoms with Crippen molar-refractivity contribution in [2.24, 2.45) is 11.8 Å². The molecule has 0 aromatic heterocycles. The van der Waals surface area contributed by atoms with Crippen molar-refractivity contribution in [3.05, 3.63) is 41.5 Å². The van der Waals surface area contributed by atoms with E-state index in [1.54, 1.807) is 0 Å². The Balaban J connectivity index is 1.28. The molecule has 2 heterocycles. The number of hydrogen-bond acceptors (Lipinski definition) is 4. The van der Waals surface area contributed by atoms with Crippen molar-refractivity contribution in [3.63, 3.8) is 0 Å². The van der Waals surface area contributed by atoms with E-state index in [1.807, 2.05) is 6.07 Å². The molecule has 2 unspecified atom stereocenters. The van der Waals surface area contributed by atoms with E-state index in [-0.39, 0.29) is 12.0 Å². The molecule has 2 aromatic rings. The van der Waals surface area contributed by atoms with Crippen molar-refractivity contribution in [1.29, 1.82) is 5.26 Å². The Hall–Kier alpha value is -2.58. The van der Waals surface area contributed by atoms with Gasteiger partial charge in [0.2, 0.25) is 0 Å². The maximum Gasteiger partial charge on any atom is 0.306 e. The Morgan fingerprint density at radius 2 is 1.82 bits per heavy atom. The fourth-order valence-electron chi connectivity index (χ4n) is 6.56. The van der Waals surface area contributed by atoms with Crippen LogP contribution in [0.25, 0.3) is 10.8 Å². The second-order valence-electron chi connectivity index (χ2n) is 10.8. The molecule has 2 bridgehead atoms. The fraction of sp³-hybridized carbons (Fsp3) is 0.586. The molecule has 2 atom stereocenters. The molecule has 2 aliphatic heterocycles. The van der Waals surface area contributed by atoms with Gasteiger partial charge in [0, 0.05) is 24.0 Å². The molecule has 2 aromatic carbocycles. The van der Waals surface area contributed by atoms with Crippen molar-refractivity contribution in [2.75, 3.05) is 6.54 Å². The molecule has 180 valence electrons. The van der Waals surface area contributed by atoms with Crippen LogP contribution in [0, 0.1) is 23.2 Å². The fourth-order valence-corrected chi connectivity index (χ4v) is 6.56. The van der Waals surface area contributed by atoms with E-state index in [1.165, 1.54) is 24.8 Å². The first-order valence-electron chi connectivity index (χ1n) is 13.1. The third-order valence-corrected chi connectivity index (χ3v) is 8.55. The first kappa shape index (κ1) is 23.2. The minimum Gasteiger partial charge on any atom is -0.489 e. The second kappa shape index (κ2) is 9.96. The summed E-state index contributed by atoms with van der Waals surface area (Å²) in [6, 6.07) is 13.7. The zero-order valence-corrected chi connectivity index (χ0v) is 20.2. The summed E-state index contributed by atoms with van der Waals surface area (Å²) in [5.74, 6) is 0.690. The zero-order valence-electron chi connectivity index (χ0n) is 20.2. The number of aliphatic carboxylic acids is 1. The van der Waals surface area contributed by atoms with Crippen molar-refractivity contribution < 1.29 is 14.6 Å². The van der Waals surface area contributed by atoms with Crippen LogP contribution in [-0.2, 0) is 11.2 Å². The summed E-state index contributed by atoms with van der Waals surface area (Å²) in [6.45, 7) is 3.27. The average molecular weight is 461 g/mol. The number of carboxylic acids is 1. The Morgan fingerprint density at radius 3 is 2.50 bits per heavy atom. The summed E-state index contributed by atoms with van der Waals surface area (Å²) in [6.07, 6.45) is 10.7. The van der Waals surface area contributed by atoms with Crippen LogP contribution in [0.5, 0.6) is 5.75 Å². The van der Waals surface area contributed by atoms with E-state index in [0.717, 1.165) is 73.9 Å². The number of rotatable bonds is 6. The highest BCUT2D eigenvalue weighted by Crippen LogP contribution is 2.37. The first-order chi connectivity index (χ1) is 16.5. The molecule has 0 spiro atoms. The highest BCUT2D eigenvalue weighted by atomic mass is 16.5. The smallest absolute Gasteiger partial charge is 0.306 e.